The largest absolute Gasteiger partial charge is 0.258 e. The summed E-state index contributed by atoms with van der Waals surface area (Å²) in [5.74, 6) is 0. The summed E-state index contributed by atoms with van der Waals surface area (Å²) in [6, 6.07) is 0. The molecule has 1 atom stereocenters. The van der Waals surface area contributed by atoms with Gasteiger partial charge in [0, 0.05) is 0 Å². The fourth-order valence-electron chi connectivity index (χ4n) is 0. The quantitative estimate of drug-likeness (QED) is 0.403. The highest BCUT2D eigenvalue weighted by molar-refractivity contribution is 6.34. The van der Waals surface area contributed by atoms with E-state index >= 15 is 0 Å². The minimum absolute atomic E-state index is 0.616. The van der Waals surface area contributed by atoms with Gasteiger partial charge in [0.15, 0.2) is 7.28 Å². The molecule has 0 amide bonds. The van der Waals surface area contributed by atoms with Gasteiger partial charge < -0.3 is 0 Å². The van der Waals surface area contributed by atoms with Crippen molar-refractivity contribution in [2.45, 2.75) is 19.8 Å². The molecule has 0 aliphatic rings. The van der Waals surface area contributed by atoms with Crippen molar-refractivity contribution >= 4 is 7.28 Å². The minimum atomic E-state index is -0.616. The lowest BCUT2D eigenvalue weighted by molar-refractivity contribution is 0.469. The number of halogens is 1. The number of rotatable bonds is 1. The van der Waals surface area contributed by atoms with Crippen molar-refractivity contribution in [2.75, 3.05) is 0 Å². The smallest absolute Gasteiger partial charge is 0.161 e. The van der Waals surface area contributed by atoms with Crippen LogP contribution in [0.1, 0.15) is 6.92 Å². The van der Waals surface area contributed by atoms with Crippen LogP contribution < -0.4 is 0 Å². The van der Waals surface area contributed by atoms with Gasteiger partial charge in [0.2, 0.25) is 0 Å². The first-order valence-electron chi connectivity index (χ1n) is 1.91. The van der Waals surface area contributed by atoms with Gasteiger partial charge in [-0.15, -0.1) is 0 Å². The van der Waals surface area contributed by atoms with E-state index in [0.29, 0.717) is 7.28 Å². The predicted molar refractivity (Wildman–Crippen MR) is 23.6 cm³/mol. The fraction of sp³-hybridized carbons (Fsp3) is 1.00. The molecule has 0 bridgehead atoms. The molecule has 30 valence electrons. The molecule has 2 heteroatoms. The van der Waals surface area contributed by atoms with Gasteiger partial charge >= 0.3 is 0 Å². The van der Waals surface area contributed by atoms with E-state index in [1.54, 1.807) is 6.92 Å². The molecule has 5 heavy (non-hydrogen) atoms. The Kier molecular flexibility index (Phi) is 2.24. The first-order chi connectivity index (χ1) is 2.27. The lowest BCUT2D eigenvalue weighted by Gasteiger charge is -1.83. The van der Waals surface area contributed by atoms with Crippen LogP contribution in [0.3, 0.4) is 0 Å². The molecule has 0 aromatic rings. The van der Waals surface area contributed by atoms with Crippen LogP contribution in [-0.2, 0) is 0 Å². The van der Waals surface area contributed by atoms with Crippen molar-refractivity contribution in [3.8, 4) is 0 Å². The Bertz CT molecular complexity index is 20.9. The molecule has 0 aliphatic carbocycles. The summed E-state index contributed by atoms with van der Waals surface area (Å²) < 4.78 is 11.4. The first kappa shape index (κ1) is 4.99. The Hall–Kier alpha value is -0.00506. The minimum Gasteiger partial charge on any atom is -0.258 e. The van der Waals surface area contributed by atoms with Crippen LogP contribution in [-0.4, -0.2) is 13.4 Å². The molecule has 0 nitrogen and oxygen atoms in total. The summed E-state index contributed by atoms with van der Waals surface area (Å²) in [6.45, 7) is 3.38. The average Bonchev–Trinajstić information content (AvgIpc) is 1.38. The number of hydrogen-bond acceptors (Lipinski definition) is 0. The summed E-state index contributed by atoms with van der Waals surface area (Å²) in [7, 11) is 0.639. The molecule has 0 N–H and O–H groups in total. The Balaban J connectivity index is 2.54. The van der Waals surface area contributed by atoms with Crippen LogP contribution in [0.5, 0.6) is 0 Å². The summed E-state index contributed by atoms with van der Waals surface area (Å²) in [6.07, 6.45) is -0.616. The Morgan fingerprint density at radius 2 is 2.00 bits per heavy atom. The normalized spacial score (nSPS) is 14.2. The summed E-state index contributed by atoms with van der Waals surface area (Å²) >= 11 is 0. The van der Waals surface area contributed by atoms with Gasteiger partial charge in [-0.2, -0.15) is 0 Å². The standard InChI is InChI=1S/C3H8BF/c1-3(5)4-2/h3-4H,1-2H3. The molecule has 0 saturated carbocycles. The predicted octanol–water partition coefficient (Wildman–Crippen LogP) is 0.786. The summed E-state index contributed by atoms with van der Waals surface area (Å²) in [4.78, 5) is 0. The molecule has 0 aromatic heterocycles. The maximum atomic E-state index is 11.4. The van der Waals surface area contributed by atoms with E-state index in [0.717, 1.165) is 0 Å². The van der Waals surface area contributed by atoms with Gasteiger partial charge in [0.25, 0.3) is 0 Å². The third-order valence-corrected chi connectivity index (χ3v) is 0.563. The highest BCUT2D eigenvalue weighted by Gasteiger charge is 1.88. The van der Waals surface area contributed by atoms with Crippen LogP contribution in [0, 0.1) is 0 Å². The molecular weight excluding hydrogens is 65.8 g/mol. The van der Waals surface area contributed by atoms with Crippen LogP contribution in [0.4, 0.5) is 4.39 Å². The van der Waals surface area contributed by atoms with E-state index in [1.165, 1.54) is 0 Å². The molecule has 0 aromatic carbocycles. The fourth-order valence-corrected chi connectivity index (χ4v) is 0. The van der Waals surface area contributed by atoms with E-state index in [2.05, 4.69) is 0 Å². The van der Waals surface area contributed by atoms with E-state index in [9.17, 15) is 4.39 Å². The molecule has 1 unspecified atom stereocenters. The molecular formula is C3H8BF. The Morgan fingerprint density at radius 3 is 2.00 bits per heavy atom. The SMILES string of the molecule is CBC(C)F. The van der Waals surface area contributed by atoms with E-state index in [-0.39, 0.29) is 0 Å². The molecule has 0 spiro atoms. The van der Waals surface area contributed by atoms with E-state index in [1.807, 2.05) is 6.82 Å². The van der Waals surface area contributed by atoms with Crippen molar-refractivity contribution in [3.63, 3.8) is 0 Å². The van der Waals surface area contributed by atoms with E-state index in [4.69, 9.17) is 0 Å². The van der Waals surface area contributed by atoms with Gasteiger partial charge in [0.1, 0.15) is 0 Å². The monoisotopic (exact) mass is 74.1 g/mol. The average molecular weight is 73.9 g/mol. The molecule has 0 radical (unpaired) electrons. The van der Waals surface area contributed by atoms with Gasteiger partial charge in [-0.25, -0.2) is 0 Å². The molecule has 0 fully saturated rings. The maximum Gasteiger partial charge on any atom is 0.161 e. The Morgan fingerprint density at radius 1 is 1.80 bits per heavy atom. The second kappa shape index (κ2) is 2.25. The lowest BCUT2D eigenvalue weighted by Crippen LogP contribution is -1.97. The summed E-state index contributed by atoms with van der Waals surface area (Å²) in [5, 5.41) is 0. The van der Waals surface area contributed by atoms with Crippen molar-refractivity contribution in [1.29, 1.82) is 0 Å². The zero-order valence-electron chi connectivity index (χ0n) is 3.66. The van der Waals surface area contributed by atoms with Crippen molar-refractivity contribution < 1.29 is 4.39 Å². The van der Waals surface area contributed by atoms with Crippen molar-refractivity contribution in [3.05, 3.63) is 0 Å². The second-order valence-corrected chi connectivity index (χ2v) is 1.19. The summed E-state index contributed by atoms with van der Waals surface area (Å²) in [5.41, 5.74) is 0. The zero-order chi connectivity index (χ0) is 4.28. The van der Waals surface area contributed by atoms with Crippen LogP contribution in [0.25, 0.3) is 0 Å². The maximum absolute atomic E-state index is 11.4. The second-order valence-electron chi connectivity index (χ2n) is 1.19. The molecule has 0 saturated heterocycles. The van der Waals surface area contributed by atoms with Crippen LogP contribution in [0.2, 0.25) is 6.82 Å². The molecule has 0 rings (SSSR count). The van der Waals surface area contributed by atoms with Crippen LogP contribution in [0.15, 0.2) is 0 Å². The van der Waals surface area contributed by atoms with Gasteiger partial charge in [-0.05, 0) is 6.92 Å². The third kappa shape index (κ3) is 3.99. The van der Waals surface area contributed by atoms with Gasteiger partial charge in [-0.1, -0.05) is 6.82 Å². The van der Waals surface area contributed by atoms with Gasteiger partial charge in [0.05, 0.1) is 6.07 Å². The van der Waals surface area contributed by atoms with E-state index < -0.39 is 6.07 Å². The third-order valence-electron chi connectivity index (χ3n) is 0.563. The number of alkyl halides is 1. The first-order valence-corrected chi connectivity index (χ1v) is 1.91. The van der Waals surface area contributed by atoms with Gasteiger partial charge in [-0.3, -0.25) is 4.39 Å². The highest BCUT2D eigenvalue weighted by atomic mass is 19.1. The number of hydrogen-bond donors (Lipinski definition) is 0. The highest BCUT2D eigenvalue weighted by Crippen LogP contribution is 1.79. The topological polar surface area (TPSA) is 0 Å². The van der Waals surface area contributed by atoms with Crippen molar-refractivity contribution in [2.24, 2.45) is 0 Å². The molecule has 0 heterocycles. The lowest BCUT2D eigenvalue weighted by atomic mass is 9.77. The Labute approximate surface area is 32.6 Å². The van der Waals surface area contributed by atoms with Crippen LogP contribution >= 0.6 is 0 Å². The zero-order valence-corrected chi connectivity index (χ0v) is 3.66. The molecule has 0 aliphatic heterocycles. The van der Waals surface area contributed by atoms with Crippen molar-refractivity contribution in [1.82, 2.24) is 0 Å².